The summed E-state index contributed by atoms with van der Waals surface area (Å²) in [6.45, 7) is -2.77. The molecular formula is C6H7BrN2O. The Kier molecular flexibility index (Phi) is 0.919. The molecule has 0 N–H and O–H groups in total. The molecule has 0 spiro atoms. The number of hydrogen-bond donors (Lipinski definition) is 0. The van der Waals surface area contributed by atoms with Crippen LogP contribution in [0, 0.1) is 0 Å². The zero-order chi connectivity index (χ0) is 13.4. The van der Waals surface area contributed by atoms with Gasteiger partial charge in [0.1, 0.15) is 11.2 Å². The first-order chi connectivity index (χ1) is 7.53. The Morgan fingerprint density at radius 2 is 3.00 bits per heavy atom. The molecule has 0 saturated heterocycles. The van der Waals surface area contributed by atoms with Crippen molar-refractivity contribution in [2.24, 2.45) is 0 Å². The molecule has 10 heavy (non-hydrogen) atoms. The van der Waals surface area contributed by atoms with Crippen molar-refractivity contribution in [2.45, 2.75) is 6.56 Å². The first-order valence-electron chi connectivity index (χ1n) is 5.74. The molecule has 0 aliphatic carbocycles. The highest BCUT2D eigenvalue weighted by Gasteiger charge is 1.93. The predicted octanol–water partition coefficient (Wildman–Crippen LogP) is 1.39. The molecule has 1 heterocycles. The smallest absolute Gasteiger partial charge is 0.155 e. The molecular weight excluding hydrogens is 196 g/mol. The Labute approximate surface area is 77.4 Å². The Hall–Kier alpha value is -0.480. The maximum atomic E-state index is 7.38. The molecule has 0 amide bonds. The number of halogens is 1. The second-order valence-corrected chi connectivity index (χ2v) is 2.03. The first kappa shape index (κ1) is 2.53. The van der Waals surface area contributed by atoms with Crippen molar-refractivity contribution >= 4 is 15.9 Å². The number of aromatic nitrogens is 2. The summed E-state index contributed by atoms with van der Waals surface area (Å²) in [4.78, 5) is 6.91. The van der Waals surface area contributed by atoms with Gasteiger partial charge in [0.2, 0.25) is 0 Å². The molecule has 4 heteroatoms. The van der Waals surface area contributed by atoms with E-state index in [-0.39, 0.29) is 10.6 Å². The van der Waals surface area contributed by atoms with Crippen LogP contribution in [-0.2, 0) is 11.3 Å². The summed E-state index contributed by atoms with van der Waals surface area (Å²) < 4.78 is 53.9. The van der Waals surface area contributed by atoms with E-state index in [0.717, 1.165) is 0 Å². The van der Waals surface area contributed by atoms with Crippen molar-refractivity contribution in [3.8, 4) is 0 Å². The average Bonchev–Trinajstić information content (AvgIpc) is 2.09. The molecule has 0 aliphatic heterocycles. The average molecular weight is 210 g/mol. The van der Waals surface area contributed by atoms with Gasteiger partial charge in [0.25, 0.3) is 0 Å². The Bertz CT molecular complexity index is 412. The quantitative estimate of drug-likeness (QED) is 0.691. The van der Waals surface area contributed by atoms with Crippen LogP contribution in [0.5, 0.6) is 0 Å². The lowest BCUT2D eigenvalue weighted by Gasteiger charge is -1.95. The van der Waals surface area contributed by atoms with Crippen LogP contribution in [-0.4, -0.2) is 17.0 Å². The minimum Gasteiger partial charge on any atom is -0.377 e. The van der Waals surface area contributed by atoms with Crippen LogP contribution in [0.25, 0.3) is 0 Å². The molecule has 1 aromatic heterocycles. The number of methoxy groups -OCH3 is 1. The third-order valence-electron chi connectivity index (χ3n) is 0.667. The highest BCUT2D eigenvalue weighted by atomic mass is 79.9. The molecule has 0 radical (unpaired) electrons. The Morgan fingerprint density at radius 1 is 2.10 bits per heavy atom. The van der Waals surface area contributed by atoms with Crippen LogP contribution in [0.3, 0.4) is 0 Å². The van der Waals surface area contributed by atoms with Crippen LogP contribution in [0.4, 0.5) is 0 Å². The van der Waals surface area contributed by atoms with Crippen LogP contribution in [0.15, 0.2) is 16.8 Å². The summed E-state index contributed by atoms with van der Waals surface area (Å²) in [6, 6.07) is -0.321. The fourth-order valence-electron chi connectivity index (χ4n) is 0.364. The van der Waals surface area contributed by atoms with Gasteiger partial charge in [-0.2, -0.15) is 0 Å². The Balaban J connectivity index is 3.16. The second kappa shape index (κ2) is 3.63. The zero-order valence-corrected chi connectivity index (χ0v) is 6.27. The largest absolute Gasteiger partial charge is 0.377 e. The van der Waals surface area contributed by atoms with E-state index in [9.17, 15) is 0 Å². The molecule has 0 bridgehead atoms. The maximum Gasteiger partial charge on any atom is 0.155 e. The van der Waals surface area contributed by atoms with E-state index in [4.69, 9.17) is 9.60 Å². The van der Waals surface area contributed by atoms with E-state index in [0.29, 0.717) is 0 Å². The third kappa shape index (κ3) is 2.04. The summed E-state index contributed by atoms with van der Waals surface area (Å²) >= 11 is 2.85. The van der Waals surface area contributed by atoms with E-state index >= 15 is 0 Å². The zero-order valence-electron chi connectivity index (χ0n) is 11.7. The van der Waals surface area contributed by atoms with Gasteiger partial charge in [-0.1, -0.05) is 0 Å². The van der Waals surface area contributed by atoms with Gasteiger partial charge < -0.3 is 4.74 Å². The molecule has 54 valence electrons. The SMILES string of the molecule is [2H]c1nc(C([2H])([2H])OC([2H])([2H])[2H])nc(Br)c1[2H]. The normalized spacial score (nSPS) is 22.7. The molecule has 0 atom stereocenters. The van der Waals surface area contributed by atoms with Gasteiger partial charge in [-0.15, -0.1) is 0 Å². The Morgan fingerprint density at radius 3 is 3.70 bits per heavy atom. The second-order valence-electron chi connectivity index (χ2n) is 1.28. The van der Waals surface area contributed by atoms with Gasteiger partial charge in [-0.05, 0) is 22.0 Å². The summed E-state index contributed by atoms with van der Waals surface area (Å²) in [5.74, 6) is -0.624. The van der Waals surface area contributed by atoms with E-state index in [2.05, 4.69) is 30.6 Å². The molecule has 1 rings (SSSR count). The molecule has 0 aromatic carbocycles. The highest BCUT2D eigenvalue weighted by Crippen LogP contribution is 2.03. The van der Waals surface area contributed by atoms with Crippen molar-refractivity contribution in [1.82, 2.24) is 9.97 Å². The van der Waals surface area contributed by atoms with Crippen molar-refractivity contribution < 1.29 is 14.3 Å². The number of rotatable bonds is 2. The van der Waals surface area contributed by atoms with Crippen LogP contribution in [0.2, 0.25) is 0 Å². The van der Waals surface area contributed by atoms with Crippen molar-refractivity contribution in [2.75, 3.05) is 7.04 Å². The third-order valence-corrected chi connectivity index (χ3v) is 1.04. The summed E-state index contributed by atoms with van der Waals surface area (Å²) in [6.07, 6.45) is -0.528. The van der Waals surface area contributed by atoms with Crippen molar-refractivity contribution in [1.29, 1.82) is 0 Å². The summed E-state index contributed by atoms with van der Waals surface area (Å²) in [5.41, 5.74) is 0. The monoisotopic (exact) mass is 209 g/mol. The molecule has 0 aliphatic rings. The number of ether oxygens (including phenoxy) is 1. The fourth-order valence-corrected chi connectivity index (χ4v) is 0.621. The van der Waals surface area contributed by atoms with E-state index in [1.807, 2.05) is 0 Å². The van der Waals surface area contributed by atoms with Gasteiger partial charge >= 0.3 is 0 Å². The fraction of sp³-hybridized carbons (Fsp3) is 0.333. The van der Waals surface area contributed by atoms with Gasteiger partial charge in [0, 0.05) is 13.2 Å². The van der Waals surface area contributed by atoms with Crippen LogP contribution in [0.1, 0.15) is 15.4 Å². The molecule has 3 nitrogen and oxygen atoms in total. The standard InChI is InChI=1S/C6H7BrN2O/c1-10-4-6-8-3-2-5(7)9-6/h2-3H,4H2,1H3/i1D3,2D,3D,4D2. The topological polar surface area (TPSA) is 35.0 Å². The van der Waals surface area contributed by atoms with E-state index in [1.165, 1.54) is 0 Å². The highest BCUT2D eigenvalue weighted by molar-refractivity contribution is 9.10. The molecule has 0 saturated carbocycles. The summed E-state index contributed by atoms with van der Waals surface area (Å²) in [5, 5.41) is 0. The van der Waals surface area contributed by atoms with E-state index in [1.54, 1.807) is 0 Å². The van der Waals surface area contributed by atoms with Gasteiger partial charge in [0.15, 0.2) is 5.82 Å². The van der Waals surface area contributed by atoms with Gasteiger partial charge in [-0.3, -0.25) is 0 Å². The predicted molar refractivity (Wildman–Crippen MR) is 40.4 cm³/mol. The minimum atomic E-state index is -2.96. The van der Waals surface area contributed by atoms with Crippen LogP contribution < -0.4 is 0 Å². The molecule has 0 unspecified atom stereocenters. The van der Waals surface area contributed by atoms with Gasteiger partial charge in [-0.25, -0.2) is 9.97 Å². The minimum absolute atomic E-state index is 0.106. The lowest BCUT2D eigenvalue weighted by molar-refractivity contribution is 0.177. The first-order valence-corrected chi connectivity index (χ1v) is 3.03. The van der Waals surface area contributed by atoms with Crippen LogP contribution >= 0.6 is 15.9 Å². The van der Waals surface area contributed by atoms with Gasteiger partial charge in [0.05, 0.1) is 9.60 Å². The number of hydrogen-bond acceptors (Lipinski definition) is 3. The lowest BCUT2D eigenvalue weighted by atomic mass is 10.6. The van der Waals surface area contributed by atoms with E-state index < -0.39 is 25.6 Å². The summed E-state index contributed by atoms with van der Waals surface area (Å²) in [7, 11) is -2.96. The molecule has 1 aromatic rings. The maximum absolute atomic E-state index is 7.38. The number of nitrogens with zero attached hydrogens (tertiary/aromatic N) is 2. The molecule has 0 fully saturated rings. The lowest BCUT2D eigenvalue weighted by Crippen LogP contribution is -1.95. The van der Waals surface area contributed by atoms with Crippen molar-refractivity contribution in [3.63, 3.8) is 0 Å². The van der Waals surface area contributed by atoms with Crippen molar-refractivity contribution in [3.05, 3.63) is 22.6 Å².